The van der Waals surface area contributed by atoms with Gasteiger partial charge in [-0.2, -0.15) is 0 Å². The van der Waals surface area contributed by atoms with Crippen molar-refractivity contribution in [2.45, 2.75) is 58.0 Å². The molecule has 1 aromatic heterocycles. The minimum Gasteiger partial charge on any atom is -0.464 e. The molecule has 2 heterocycles. The summed E-state index contributed by atoms with van der Waals surface area (Å²) in [5.74, 6) is 1.18. The molecule has 1 N–H and O–H groups in total. The number of furan rings is 1. The number of carbonyl (C=O) groups excluding carboxylic acids is 1. The van der Waals surface area contributed by atoms with Gasteiger partial charge in [-0.1, -0.05) is 13.8 Å². The Labute approximate surface area is 161 Å². The Bertz CT molecular complexity index is 737. The third kappa shape index (κ3) is 5.33. The smallest absolute Gasteiger partial charge is 0.239 e. The number of aryl methyl sites for hydroxylation is 1. The average Bonchev–Trinajstić information content (AvgIpc) is 3.12. The zero-order valence-electron chi connectivity index (χ0n) is 16.1. The number of carbonyl (C=O) groups is 1. The predicted octanol–water partition coefficient (Wildman–Crippen LogP) is 2.24. The van der Waals surface area contributed by atoms with Crippen LogP contribution in [0.25, 0.3) is 0 Å². The molecule has 0 radical (unpaired) electrons. The van der Waals surface area contributed by atoms with Gasteiger partial charge in [0.15, 0.2) is 0 Å². The minimum absolute atomic E-state index is 0.0586. The van der Waals surface area contributed by atoms with E-state index in [1.54, 1.807) is 4.90 Å². The van der Waals surface area contributed by atoms with Gasteiger partial charge in [-0.05, 0) is 43.7 Å². The summed E-state index contributed by atoms with van der Waals surface area (Å²) in [5, 5.41) is 0. The van der Waals surface area contributed by atoms with Crippen molar-refractivity contribution in [3.63, 3.8) is 0 Å². The van der Waals surface area contributed by atoms with Gasteiger partial charge >= 0.3 is 0 Å². The van der Waals surface area contributed by atoms with E-state index < -0.39 is 21.7 Å². The predicted molar refractivity (Wildman–Crippen MR) is 102 cm³/mol. The molecule has 3 rings (SSSR count). The maximum atomic E-state index is 12.8. The van der Waals surface area contributed by atoms with Gasteiger partial charge in [0.25, 0.3) is 0 Å². The molecule has 1 saturated heterocycles. The van der Waals surface area contributed by atoms with Gasteiger partial charge in [0.05, 0.1) is 13.2 Å². The van der Waals surface area contributed by atoms with Crippen LogP contribution in [0.15, 0.2) is 16.5 Å². The number of hydrogen-bond donors (Lipinski definition) is 1. The van der Waals surface area contributed by atoms with E-state index in [4.69, 9.17) is 9.15 Å². The second-order valence-electron chi connectivity index (χ2n) is 7.67. The van der Waals surface area contributed by atoms with E-state index >= 15 is 0 Å². The Morgan fingerprint density at radius 3 is 2.67 bits per heavy atom. The van der Waals surface area contributed by atoms with Gasteiger partial charge in [-0.15, -0.1) is 0 Å². The highest BCUT2D eigenvalue weighted by atomic mass is 32.2. The molecule has 7 nitrogen and oxygen atoms in total. The van der Waals surface area contributed by atoms with Gasteiger partial charge in [0.1, 0.15) is 23.3 Å². The molecular formula is C19H30N2O5S. The van der Waals surface area contributed by atoms with Crippen LogP contribution < -0.4 is 4.72 Å². The third-order valence-electron chi connectivity index (χ3n) is 5.48. The zero-order valence-corrected chi connectivity index (χ0v) is 17.0. The molecular weight excluding hydrogens is 368 g/mol. The van der Waals surface area contributed by atoms with E-state index in [-0.39, 0.29) is 12.1 Å². The summed E-state index contributed by atoms with van der Waals surface area (Å²) < 4.78 is 39.0. The van der Waals surface area contributed by atoms with Crippen molar-refractivity contribution < 1.29 is 22.4 Å². The Balaban J connectivity index is 1.63. The maximum Gasteiger partial charge on any atom is 0.239 e. The highest BCUT2D eigenvalue weighted by molar-refractivity contribution is 7.90. The fourth-order valence-corrected chi connectivity index (χ4v) is 5.14. The molecule has 2 aliphatic rings. The van der Waals surface area contributed by atoms with Crippen molar-refractivity contribution in [2.24, 2.45) is 5.92 Å². The van der Waals surface area contributed by atoms with Crippen LogP contribution in [0.1, 0.15) is 57.1 Å². The van der Waals surface area contributed by atoms with Crippen LogP contribution in [0, 0.1) is 5.92 Å². The van der Waals surface area contributed by atoms with Crippen molar-refractivity contribution in [1.29, 1.82) is 0 Å². The molecule has 1 aliphatic carbocycles. The number of amides is 1. The summed E-state index contributed by atoms with van der Waals surface area (Å²) in [6, 6.07) is 3.29. The summed E-state index contributed by atoms with van der Waals surface area (Å²) >= 11 is 0. The number of hydrogen-bond acceptors (Lipinski definition) is 5. The monoisotopic (exact) mass is 398 g/mol. The lowest BCUT2D eigenvalue weighted by Gasteiger charge is -2.34. The largest absolute Gasteiger partial charge is 0.464 e. The Morgan fingerprint density at radius 1 is 1.26 bits per heavy atom. The van der Waals surface area contributed by atoms with Gasteiger partial charge in [-0.25, -0.2) is 13.1 Å². The topological polar surface area (TPSA) is 88.8 Å². The van der Waals surface area contributed by atoms with Crippen molar-refractivity contribution in [2.75, 3.05) is 25.5 Å². The highest BCUT2D eigenvalue weighted by Gasteiger charge is 2.34. The molecule has 0 spiro atoms. The molecule has 8 heteroatoms. The molecule has 1 aliphatic heterocycles. The molecule has 1 atom stereocenters. The van der Waals surface area contributed by atoms with Crippen LogP contribution in [-0.2, 0) is 26.0 Å². The zero-order chi connectivity index (χ0) is 19.4. The highest BCUT2D eigenvalue weighted by Crippen LogP contribution is 2.27. The summed E-state index contributed by atoms with van der Waals surface area (Å²) in [6.45, 7) is 5.26. The van der Waals surface area contributed by atoms with Gasteiger partial charge in [0, 0.05) is 19.0 Å². The van der Waals surface area contributed by atoms with E-state index in [0.717, 1.165) is 37.9 Å². The summed E-state index contributed by atoms with van der Waals surface area (Å²) in [6.07, 6.45) is 4.47. The normalized spacial score (nSPS) is 26.9. The van der Waals surface area contributed by atoms with Crippen molar-refractivity contribution in [1.82, 2.24) is 9.62 Å². The average molecular weight is 399 g/mol. The Hall–Kier alpha value is -1.38. The van der Waals surface area contributed by atoms with Crippen LogP contribution in [-0.4, -0.2) is 50.8 Å². The molecule has 1 saturated carbocycles. The lowest BCUT2D eigenvalue weighted by Crippen LogP contribution is -2.48. The van der Waals surface area contributed by atoms with Gasteiger partial charge in [-0.3, -0.25) is 4.79 Å². The number of sulfonamides is 1. The van der Waals surface area contributed by atoms with Crippen molar-refractivity contribution in [3.05, 3.63) is 23.7 Å². The van der Waals surface area contributed by atoms with E-state index in [1.165, 1.54) is 0 Å². The van der Waals surface area contributed by atoms with Crippen molar-refractivity contribution in [3.8, 4) is 0 Å². The first kappa shape index (κ1) is 20.4. The Kier molecular flexibility index (Phi) is 6.60. The van der Waals surface area contributed by atoms with Gasteiger partial charge < -0.3 is 14.1 Å². The molecule has 1 unspecified atom stereocenters. The fraction of sp³-hybridized carbons (Fsp3) is 0.737. The third-order valence-corrected chi connectivity index (χ3v) is 6.80. The number of nitrogens with zero attached hydrogens (tertiary/aromatic N) is 1. The maximum absolute atomic E-state index is 12.8. The van der Waals surface area contributed by atoms with Crippen LogP contribution in [0.3, 0.4) is 0 Å². The van der Waals surface area contributed by atoms with E-state index in [9.17, 15) is 13.2 Å². The molecule has 2 fully saturated rings. The first-order valence-electron chi connectivity index (χ1n) is 9.83. The molecule has 1 amide bonds. The Morgan fingerprint density at radius 2 is 2.00 bits per heavy atom. The van der Waals surface area contributed by atoms with Crippen LogP contribution in [0.5, 0.6) is 0 Å². The summed E-state index contributed by atoms with van der Waals surface area (Å²) in [5.41, 5.74) is 0. The van der Waals surface area contributed by atoms with Crippen LogP contribution in [0.4, 0.5) is 0 Å². The van der Waals surface area contributed by atoms with E-state index in [2.05, 4.69) is 11.6 Å². The SMILES string of the molecule is CCc1ccc(C2COCCN2C(=O)CS(=O)(=O)NC2CCC(C)CC2)o1. The number of morpholine rings is 1. The molecule has 152 valence electrons. The van der Waals surface area contributed by atoms with Crippen LogP contribution >= 0.6 is 0 Å². The lowest BCUT2D eigenvalue weighted by atomic mass is 9.88. The molecule has 0 aromatic carbocycles. The lowest BCUT2D eigenvalue weighted by molar-refractivity contribution is -0.138. The second-order valence-corrected chi connectivity index (χ2v) is 9.42. The fourth-order valence-electron chi connectivity index (χ4n) is 3.82. The second kappa shape index (κ2) is 8.75. The van der Waals surface area contributed by atoms with Crippen LogP contribution in [0.2, 0.25) is 0 Å². The first-order valence-corrected chi connectivity index (χ1v) is 11.5. The standard InChI is InChI=1S/C19H30N2O5S/c1-3-16-8-9-18(26-16)17-12-25-11-10-21(17)19(22)13-27(23,24)20-15-6-4-14(2)5-7-15/h8-9,14-15,17,20H,3-7,10-13H2,1-2H3. The van der Waals surface area contributed by atoms with E-state index in [0.29, 0.717) is 31.4 Å². The first-order chi connectivity index (χ1) is 12.9. The molecule has 0 bridgehead atoms. The number of nitrogens with one attached hydrogen (secondary N) is 1. The van der Waals surface area contributed by atoms with Gasteiger partial charge in [0.2, 0.25) is 15.9 Å². The summed E-state index contributed by atoms with van der Waals surface area (Å²) in [4.78, 5) is 14.4. The summed E-state index contributed by atoms with van der Waals surface area (Å²) in [7, 11) is -3.66. The number of rotatable bonds is 6. The van der Waals surface area contributed by atoms with Crippen molar-refractivity contribution >= 4 is 15.9 Å². The minimum atomic E-state index is -3.66. The molecule has 1 aromatic rings. The number of ether oxygens (including phenoxy) is 1. The van der Waals surface area contributed by atoms with E-state index in [1.807, 2.05) is 19.1 Å². The quantitative estimate of drug-likeness (QED) is 0.794. The molecule has 27 heavy (non-hydrogen) atoms.